The number of imidazole rings is 1. The number of rotatable bonds is 7. The van der Waals surface area contributed by atoms with Crippen LogP contribution < -0.4 is 21.3 Å². The van der Waals surface area contributed by atoms with Crippen LogP contribution in [0.1, 0.15) is 36.8 Å². The highest BCUT2D eigenvalue weighted by atomic mass is 35.5. The van der Waals surface area contributed by atoms with Gasteiger partial charge in [0.25, 0.3) is 5.56 Å². The fraction of sp³-hybridized carbons (Fsp3) is 0.290. The molecule has 3 aromatic heterocycles. The Kier molecular flexibility index (Phi) is 7.47. The molecule has 1 atom stereocenters. The minimum atomic E-state index is -0.350. The maximum Gasteiger partial charge on any atom is 0.338 e. The minimum absolute atomic E-state index is 0.261. The van der Waals surface area contributed by atoms with Crippen LogP contribution in [0.2, 0.25) is 5.02 Å². The molecule has 0 saturated carbocycles. The molecule has 5 aromatic rings. The van der Waals surface area contributed by atoms with Gasteiger partial charge in [-0.2, -0.15) is 0 Å². The van der Waals surface area contributed by atoms with Gasteiger partial charge in [-0.1, -0.05) is 47.3 Å². The van der Waals surface area contributed by atoms with Crippen molar-refractivity contribution in [3.63, 3.8) is 0 Å². The second kappa shape index (κ2) is 11.3. The van der Waals surface area contributed by atoms with Crippen LogP contribution in [-0.4, -0.2) is 43.3 Å². The summed E-state index contributed by atoms with van der Waals surface area (Å²) in [6.07, 6.45) is 12.2. The third-order valence-electron chi connectivity index (χ3n) is 7.50. The first-order chi connectivity index (χ1) is 19.9. The highest BCUT2D eigenvalue weighted by molar-refractivity contribution is 6.33. The van der Waals surface area contributed by atoms with Crippen molar-refractivity contribution >= 4 is 22.5 Å². The van der Waals surface area contributed by atoms with Crippen LogP contribution in [0, 0.1) is 13.8 Å². The molecule has 4 heterocycles. The number of aromatic nitrogens is 5. The second-order valence-electron chi connectivity index (χ2n) is 10.6. The Hall–Kier alpha value is -4.21. The summed E-state index contributed by atoms with van der Waals surface area (Å²) in [5.41, 5.74) is 3.71. The number of hydrogen-bond donors (Lipinski definition) is 2. The lowest BCUT2D eigenvalue weighted by Gasteiger charge is -2.24. The molecule has 0 aliphatic carbocycles. The number of benzene rings is 2. The van der Waals surface area contributed by atoms with Crippen molar-refractivity contribution in [2.75, 3.05) is 13.2 Å². The van der Waals surface area contributed by atoms with E-state index in [0.717, 1.165) is 36.1 Å². The molecule has 1 fully saturated rings. The minimum Gasteiger partial charge on any atom is -0.492 e. The molecule has 0 bridgehead atoms. The van der Waals surface area contributed by atoms with Crippen molar-refractivity contribution in [3.8, 4) is 28.4 Å². The smallest absolute Gasteiger partial charge is 0.338 e. The molecule has 2 aromatic carbocycles. The second-order valence-corrected chi connectivity index (χ2v) is 11.0. The van der Waals surface area contributed by atoms with E-state index in [2.05, 4.69) is 26.3 Å². The first-order valence-electron chi connectivity index (χ1n) is 13.8. The third-order valence-corrected chi connectivity index (χ3v) is 7.80. The number of ether oxygens (including phenoxy) is 1. The van der Waals surface area contributed by atoms with E-state index in [1.54, 1.807) is 30.7 Å². The number of H-pyrrole nitrogens is 1. The molecule has 10 heteroatoms. The molecule has 1 aliphatic heterocycles. The highest BCUT2D eigenvalue weighted by Crippen LogP contribution is 2.37. The van der Waals surface area contributed by atoms with E-state index >= 15 is 0 Å². The van der Waals surface area contributed by atoms with Crippen molar-refractivity contribution in [2.24, 2.45) is 0 Å². The molecule has 0 amide bonds. The Bertz CT molecular complexity index is 1820. The Morgan fingerprint density at radius 2 is 1.83 bits per heavy atom. The zero-order chi connectivity index (χ0) is 28.5. The monoisotopic (exact) mass is 570 g/mol. The summed E-state index contributed by atoms with van der Waals surface area (Å²) in [6, 6.07) is 9.89. The number of hydrogen-bond acceptors (Lipinski definition) is 6. The SMILES string of the molecule is Cc1cc(C)cc(-c2c(OCCC3CCCCN3)c3cc(-n4ccn(-c5cnccn5)c4=O)c(Cl)cc3[nH]c2=O)c1. The summed E-state index contributed by atoms with van der Waals surface area (Å²) < 4.78 is 9.34. The van der Waals surface area contributed by atoms with Gasteiger partial charge in [-0.3, -0.25) is 14.3 Å². The van der Waals surface area contributed by atoms with E-state index in [1.807, 2.05) is 26.0 Å². The highest BCUT2D eigenvalue weighted by Gasteiger charge is 2.21. The first kappa shape index (κ1) is 27.0. The van der Waals surface area contributed by atoms with Gasteiger partial charge in [-0.05, 0) is 57.4 Å². The topological polar surface area (TPSA) is 107 Å². The predicted molar refractivity (Wildman–Crippen MR) is 161 cm³/mol. The maximum atomic E-state index is 13.6. The van der Waals surface area contributed by atoms with E-state index in [4.69, 9.17) is 16.3 Å². The molecular formula is C31H31ClN6O3. The van der Waals surface area contributed by atoms with Crippen molar-refractivity contribution in [1.29, 1.82) is 0 Å². The van der Waals surface area contributed by atoms with Crippen molar-refractivity contribution in [1.82, 2.24) is 29.4 Å². The maximum absolute atomic E-state index is 13.6. The number of nitrogens with one attached hydrogen (secondary N) is 2. The van der Waals surface area contributed by atoms with Gasteiger partial charge in [0.15, 0.2) is 5.82 Å². The van der Waals surface area contributed by atoms with Gasteiger partial charge in [-0.15, -0.1) is 0 Å². The van der Waals surface area contributed by atoms with Crippen LogP contribution in [0.4, 0.5) is 0 Å². The average Bonchev–Trinajstić information content (AvgIpc) is 3.34. The predicted octanol–water partition coefficient (Wildman–Crippen LogP) is 5.11. The van der Waals surface area contributed by atoms with Crippen LogP contribution in [0.15, 0.2) is 70.9 Å². The number of halogens is 1. The molecule has 210 valence electrons. The number of pyridine rings is 1. The Labute approximate surface area is 241 Å². The van der Waals surface area contributed by atoms with Gasteiger partial charge in [-0.25, -0.2) is 14.3 Å². The van der Waals surface area contributed by atoms with Gasteiger partial charge in [0.2, 0.25) is 0 Å². The van der Waals surface area contributed by atoms with Gasteiger partial charge >= 0.3 is 5.69 Å². The van der Waals surface area contributed by atoms with Gasteiger partial charge in [0.1, 0.15) is 5.75 Å². The Morgan fingerprint density at radius 3 is 2.56 bits per heavy atom. The molecule has 9 nitrogen and oxygen atoms in total. The quantitative estimate of drug-likeness (QED) is 0.282. The molecular weight excluding hydrogens is 540 g/mol. The van der Waals surface area contributed by atoms with Gasteiger partial charge < -0.3 is 15.0 Å². The molecule has 0 spiro atoms. The van der Waals surface area contributed by atoms with Crippen LogP contribution in [0.5, 0.6) is 5.75 Å². The number of aryl methyl sites for hydroxylation is 2. The summed E-state index contributed by atoms with van der Waals surface area (Å²) in [5, 5.41) is 4.53. The molecule has 1 aliphatic rings. The van der Waals surface area contributed by atoms with Crippen LogP contribution in [-0.2, 0) is 0 Å². The zero-order valence-electron chi connectivity index (χ0n) is 23.0. The van der Waals surface area contributed by atoms with E-state index in [9.17, 15) is 9.59 Å². The average molecular weight is 571 g/mol. The number of aromatic amines is 1. The summed E-state index contributed by atoms with van der Waals surface area (Å²) in [6.45, 7) is 5.46. The van der Waals surface area contributed by atoms with E-state index < -0.39 is 0 Å². The summed E-state index contributed by atoms with van der Waals surface area (Å²) >= 11 is 6.71. The summed E-state index contributed by atoms with van der Waals surface area (Å²) in [7, 11) is 0. The zero-order valence-corrected chi connectivity index (χ0v) is 23.7. The molecule has 6 rings (SSSR count). The standard InChI is InChI=1S/C31H31ClN6O3/c1-19-13-20(2)15-21(14-19)28-29(41-12-6-22-5-3-4-7-34-22)23-16-26(24(32)17-25(23)36-30(28)39)37-10-11-38(31(37)40)27-18-33-8-9-35-27/h8-11,13-18,22,34H,3-7,12H2,1-2H3,(H,36,39). The lowest BCUT2D eigenvalue weighted by Crippen LogP contribution is -2.35. The number of nitrogens with zero attached hydrogens (tertiary/aromatic N) is 4. The number of piperidine rings is 1. The summed E-state index contributed by atoms with van der Waals surface area (Å²) in [5.74, 6) is 0.874. The molecule has 0 radical (unpaired) electrons. The fourth-order valence-electron chi connectivity index (χ4n) is 5.62. The number of fused-ring (bicyclic) bond motifs is 1. The normalized spacial score (nSPS) is 15.3. The summed E-state index contributed by atoms with van der Waals surface area (Å²) in [4.78, 5) is 38.3. The Morgan fingerprint density at radius 1 is 1.02 bits per heavy atom. The van der Waals surface area contributed by atoms with E-state index in [1.165, 1.54) is 34.4 Å². The van der Waals surface area contributed by atoms with Crippen molar-refractivity contribution < 1.29 is 4.74 Å². The third kappa shape index (κ3) is 5.42. The molecule has 1 saturated heterocycles. The Balaban J connectivity index is 1.50. The van der Waals surface area contributed by atoms with Crippen molar-refractivity contribution in [2.45, 2.75) is 45.6 Å². The first-order valence-corrected chi connectivity index (χ1v) is 14.2. The largest absolute Gasteiger partial charge is 0.492 e. The van der Waals surface area contributed by atoms with Crippen LogP contribution in [0.25, 0.3) is 33.5 Å². The molecule has 41 heavy (non-hydrogen) atoms. The lowest BCUT2D eigenvalue weighted by atomic mass is 9.99. The molecule has 1 unspecified atom stereocenters. The molecule has 2 N–H and O–H groups in total. The van der Waals surface area contributed by atoms with Gasteiger partial charge in [0, 0.05) is 36.2 Å². The fourth-order valence-corrected chi connectivity index (χ4v) is 5.87. The van der Waals surface area contributed by atoms with E-state index in [0.29, 0.717) is 51.4 Å². The lowest BCUT2D eigenvalue weighted by molar-refractivity contribution is 0.271. The van der Waals surface area contributed by atoms with E-state index in [-0.39, 0.29) is 11.2 Å². The van der Waals surface area contributed by atoms with Crippen LogP contribution in [0.3, 0.4) is 0 Å². The van der Waals surface area contributed by atoms with Crippen molar-refractivity contribution in [3.05, 3.63) is 98.3 Å². The van der Waals surface area contributed by atoms with Gasteiger partial charge in [0.05, 0.1) is 34.6 Å². The van der Waals surface area contributed by atoms with Crippen LogP contribution >= 0.6 is 11.6 Å².